The van der Waals surface area contributed by atoms with Crippen LogP contribution < -0.4 is 0 Å². The summed E-state index contributed by atoms with van der Waals surface area (Å²) >= 11 is 0. The fourth-order valence-electron chi connectivity index (χ4n) is 1.81. The lowest BCUT2D eigenvalue weighted by molar-refractivity contribution is -0.189. The molecule has 0 saturated carbocycles. The van der Waals surface area contributed by atoms with Crippen molar-refractivity contribution in [2.45, 2.75) is 31.5 Å². The number of ether oxygens (including phenoxy) is 6. The molecule has 0 bridgehead atoms. The van der Waals surface area contributed by atoms with Crippen molar-refractivity contribution in [3.63, 3.8) is 0 Å². The first-order valence-electron chi connectivity index (χ1n) is 5.42. The molecule has 0 radical (unpaired) electrons. The fraction of sp³-hybridized carbons (Fsp3) is 0.700. The number of hydrogen-bond acceptors (Lipinski definition) is 9. The molecule has 0 aromatic rings. The summed E-state index contributed by atoms with van der Waals surface area (Å²) in [5.74, 6) is -0.596. The van der Waals surface area contributed by atoms with Gasteiger partial charge in [-0.25, -0.2) is 9.59 Å². The van der Waals surface area contributed by atoms with Crippen LogP contribution in [0.1, 0.15) is 6.92 Å². The highest BCUT2D eigenvalue weighted by Crippen LogP contribution is 2.32. The molecule has 0 aliphatic carbocycles. The van der Waals surface area contributed by atoms with Crippen molar-refractivity contribution in [3.8, 4) is 0 Å². The average Bonchev–Trinajstić information content (AvgIpc) is 2.85. The minimum absolute atomic E-state index is 0.220. The Bertz CT molecular complexity index is 392. The predicted molar refractivity (Wildman–Crippen MR) is 53.9 cm³/mol. The van der Waals surface area contributed by atoms with Gasteiger partial charge in [0, 0.05) is 6.92 Å². The molecule has 2 aliphatic rings. The second kappa shape index (κ2) is 5.31. The van der Waals surface area contributed by atoms with Crippen LogP contribution in [0, 0.1) is 0 Å². The van der Waals surface area contributed by atoms with Crippen molar-refractivity contribution < 1.29 is 42.8 Å². The molecule has 2 aliphatic heterocycles. The third-order valence-corrected chi connectivity index (χ3v) is 2.55. The number of esters is 1. The molecule has 0 amide bonds. The van der Waals surface area contributed by atoms with Crippen molar-refractivity contribution >= 4 is 18.3 Å². The number of carbonyl (C=O) groups excluding carboxylic acids is 3. The van der Waals surface area contributed by atoms with Gasteiger partial charge in [0.2, 0.25) is 12.4 Å². The molecule has 2 heterocycles. The summed E-state index contributed by atoms with van der Waals surface area (Å²) in [5, 5.41) is 0. The molecule has 9 nitrogen and oxygen atoms in total. The third kappa shape index (κ3) is 2.87. The topological polar surface area (TPSA) is 107 Å². The summed E-state index contributed by atoms with van der Waals surface area (Å²) in [6, 6.07) is 0. The van der Waals surface area contributed by atoms with Crippen molar-refractivity contribution in [2.75, 3.05) is 13.7 Å². The van der Waals surface area contributed by atoms with Gasteiger partial charge in [0.25, 0.3) is 0 Å². The standard InChI is InChI=1S/C10H12O9/c1-4(11)16-8-7-6(18-10(13)19-7)5(17-8)3-15-9(12)14-2/h5-8H,3H2,1-2H3. The maximum atomic E-state index is 11.1. The summed E-state index contributed by atoms with van der Waals surface area (Å²) in [5.41, 5.74) is 0. The smallest absolute Gasteiger partial charge is 0.438 e. The molecule has 0 N–H and O–H groups in total. The zero-order chi connectivity index (χ0) is 14.0. The van der Waals surface area contributed by atoms with E-state index in [1.165, 1.54) is 6.92 Å². The maximum Gasteiger partial charge on any atom is 0.509 e. The number of rotatable bonds is 3. The van der Waals surface area contributed by atoms with E-state index >= 15 is 0 Å². The van der Waals surface area contributed by atoms with Gasteiger partial charge in [-0.1, -0.05) is 0 Å². The predicted octanol–water partition coefficient (Wildman–Crippen LogP) is -0.0386. The van der Waals surface area contributed by atoms with Crippen LogP contribution >= 0.6 is 0 Å². The van der Waals surface area contributed by atoms with E-state index in [0.29, 0.717) is 0 Å². The summed E-state index contributed by atoms with van der Waals surface area (Å²) in [4.78, 5) is 32.8. The first-order valence-corrected chi connectivity index (χ1v) is 5.42. The first kappa shape index (κ1) is 13.4. The zero-order valence-electron chi connectivity index (χ0n) is 10.2. The van der Waals surface area contributed by atoms with Crippen LogP contribution in [0.4, 0.5) is 9.59 Å². The highest BCUT2D eigenvalue weighted by molar-refractivity contribution is 5.67. The van der Waals surface area contributed by atoms with Gasteiger partial charge in [-0.2, -0.15) is 0 Å². The third-order valence-electron chi connectivity index (χ3n) is 2.55. The van der Waals surface area contributed by atoms with Crippen molar-refractivity contribution in [1.82, 2.24) is 0 Å². The Balaban J connectivity index is 1.98. The Kier molecular flexibility index (Phi) is 3.74. The molecule has 2 saturated heterocycles. The first-order chi connectivity index (χ1) is 9.01. The normalized spacial score (nSPS) is 32.0. The van der Waals surface area contributed by atoms with Crippen LogP contribution in [0.15, 0.2) is 0 Å². The maximum absolute atomic E-state index is 11.1. The van der Waals surface area contributed by atoms with E-state index < -0.39 is 42.9 Å². The van der Waals surface area contributed by atoms with Crippen molar-refractivity contribution in [2.24, 2.45) is 0 Å². The number of hydrogen-bond donors (Lipinski definition) is 0. The van der Waals surface area contributed by atoms with Gasteiger partial charge in [-0.3, -0.25) is 4.79 Å². The molecule has 106 valence electrons. The molecule has 4 unspecified atom stereocenters. The van der Waals surface area contributed by atoms with E-state index in [4.69, 9.17) is 23.7 Å². The van der Waals surface area contributed by atoms with Crippen molar-refractivity contribution in [1.29, 1.82) is 0 Å². The summed E-state index contributed by atoms with van der Waals surface area (Å²) in [6.45, 7) is 0.969. The minimum atomic E-state index is -1.08. The Hall–Kier alpha value is -2.03. The van der Waals surface area contributed by atoms with Crippen LogP contribution in [0.2, 0.25) is 0 Å². The van der Waals surface area contributed by atoms with E-state index in [2.05, 4.69) is 4.74 Å². The molecule has 4 atom stereocenters. The van der Waals surface area contributed by atoms with Gasteiger partial charge in [-0.05, 0) is 0 Å². The van der Waals surface area contributed by atoms with E-state index in [1.54, 1.807) is 0 Å². The molecular weight excluding hydrogens is 264 g/mol. The second-order valence-corrected chi connectivity index (χ2v) is 3.83. The highest BCUT2D eigenvalue weighted by atomic mass is 16.8. The largest absolute Gasteiger partial charge is 0.509 e. The Morgan fingerprint density at radius 1 is 1.26 bits per heavy atom. The van der Waals surface area contributed by atoms with Crippen molar-refractivity contribution in [3.05, 3.63) is 0 Å². The van der Waals surface area contributed by atoms with Crippen LogP contribution in [-0.2, 0) is 33.2 Å². The molecule has 0 aromatic heterocycles. The number of methoxy groups -OCH3 is 1. The Morgan fingerprint density at radius 3 is 2.58 bits per heavy atom. The summed E-state index contributed by atoms with van der Waals surface area (Å²) < 4.78 is 28.8. The molecule has 2 rings (SSSR count). The highest BCUT2D eigenvalue weighted by Gasteiger charge is 2.56. The Labute approximate surface area is 107 Å². The quantitative estimate of drug-likeness (QED) is 0.518. The van der Waals surface area contributed by atoms with Gasteiger partial charge < -0.3 is 28.4 Å². The van der Waals surface area contributed by atoms with Gasteiger partial charge in [-0.15, -0.1) is 0 Å². The fourth-order valence-corrected chi connectivity index (χ4v) is 1.81. The van der Waals surface area contributed by atoms with Gasteiger partial charge in [0.1, 0.15) is 12.7 Å². The van der Waals surface area contributed by atoms with Crippen LogP contribution in [0.3, 0.4) is 0 Å². The lowest BCUT2D eigenvalue weighted by Crippen LogP contribution is -2.33. The van der Waals surface area contributed by atoms with E-state index in [0.717, 1.165) is 7.11 Å². The molecule has 9 heteroatoms. The number of fused-ring (bicyclic) bond motifs is 1. The molecule has 19 heavy (non-hydrogen) atoms. The van der Waals surface area contributed by atoms with Crippen LogP contribution in [-0.4, -0.2) is 56.6 Å². The van der Waals surface area contributed by atoms with Crippen LogP contribution in [0.5, 0.6) is 0 Å². The second-order valence-electron chi connectivity index (χ2n) is 3.83. The molecule has 0 aromatic carbocycles. The van der Waals surface area contributed by atoms with E-state index in [1.807, 2.05) is 0 Å². The average molecular weight is 276 g/mol. The molecule has 0 spiro atoms. The molecule has 2 fully saturated rings. The van der Waals surface area contributed by atoms with Crippen LogP contribution in [0.25, 0.3) is 0 Å². The Morgan fingerprint density at radius 2 is 1.95 bits per heavy atom. The van der Waals surface area contributed by atoms with Gasteiger partial charge >= 0.3 is 18.3 Å². The lowest BCUT2D eigenvalue weighted by atomic mass is 10.1. The monoisotopic (exact) mass is 276 g/mol. The lowest BCUT2D eigenvalue weighted by Gasteiger charge is -2.15. The summed E-state index contributed by atoms with van der Waals surface area (Å²) in [6.07, 6.45) is -5.34. The SMILES string of the molecule is COC(=O)OCC1OC(OC(C)=O)C2OC(=O)OC12. The van der Waals surface area contributed by atoms with E-state index in [-0.39, 0.29) is 6.61 Å². The van der Waals surface area contributed by atoms with E-state index in [9.17, 15) is 14.4 Å². The number of carbonyl (C=O) groups is 3. The minimum Gasteiger partial charge on any atom is -0.438 e. The summed E-state index contributed by atoms with van der Waals surface area (Å²) in [7, 11) is 1.15. The zero-order valence-corrected chi connectivity index (χ0v) is 10.2. The molecular formula is C10H12O9. The van der Waals surface area contributed by atoms with Gasteiger partial charge in [0.15, 0.2) is 6.10 Å². The van der Waals surface area contributed by atoms with Gasteiger partial charge in [0.05, 0.1) is 7.11 Å².